The SMILES string of the molecule is CCCCn1c(=O)[nH]c(=O)c2[nH]c(CN3CCNCC3)nc21. The van der Waals surface area contributed by atoms with Crippen LogP contribution < -0.4 is 16.6 Å². The number of piperazine rings is 1. The van der Waals surface area contributed by atoms with Crippen LogP contribution in [0.15, 0.2) is 9.59 Å². The van der Waals surface area contributed by atoms with E-state index in [2.05, 4.69) is 32.1 Å². The molecule has 0 aromatic carbocycles. The third-order valence-corrected chi connectivity index (χ3v) is 4.00. The van der Waals surface area contributed by atoms with Gasteiger partial charge in [0.05, 0.1) is 6.54 Å². The first kappa shape index (κ1) is 15.0. The number of nitrogens with one attached hydrogen (secondary N) is 3. The molecule has 22 heavy (non-hydrogen) atoms. The van der Waals surface area contributed by atoms with Crippen molar-refractivity contribution in [2.45, 2.75) is 32.9 Å². The zero-order chi connectivity index (χ0) is 15.5. The molecule has 0 saturated carbocycles. The molecule has 1 aliphatic rings. The molecule has 0 radical (unpaired) electrons. The molecule has 0 aliphatic carbocycles. The smallest absolute Gasteiger partial charge is 0.330 e. The highest BCUT2D eigenvalue weighted by atomic mass is 16.2. The van der Waals surface area contributed by atoms with E-state index < -0.39 is 5.56 Å². The molecule has 8 heteroatoms. The molecule has 0 unspecified atom stereocenters. The minimum atomic E-state index is -0.396. The summed E-state index contributed by atoms with van der Waals surface area (Å²) in [6, 6.07) is 0. The first-order chi connectivity index (χ1) is 10.7. The second kappa shape index (κ2) is 6.45. The number of nitrogens with zero attached hydrogens (tertiary/aromatic N) is 3. The van der Waals surface area contributed by atoms with E-state index in [9.17, 15) is 9.59 Å². The van der Waals surface area contributed by atoms with Gasteiger partial charge < -0.3 is 10.3 Å². The van der Waals surface area contributed by atoms with Crippen molar-refractivity contribution in [3.8, 4) is 0 Å². The average molecular weight is 306 g/mol. The maximum absolute atomic E-state index is 12.0. The molecule has 0 spiro atoms. The van der Waals surface area contributed by atoms with Gasteiger partial charge in [-0.05, 0) is 6.42 Å². The van der Waals surface area contributed by atoms with Crippen molar-refractivity contribution in [3.63, 3.8) is 0 Å². The first-order valence-electron chi connectivity index (χ1n) is 7.84. The van der Waals surface area contributed by atoms with Crippen LogP contribution in [-0.2, 0) is 13.1 Å². The van der Waals surface area contributed by atoms with Crippen molar-refractivity contribution in [1.82, 2.24) is 29.7 Å². The van der Waals surface area contributed by atoms with Crippen LogP contribution in [0.25, 0.3) is 11.2 Å². The highest BCUT2D eigenvalue weighted by molar-refractivity contribution is 5.69. The number of fused-ring (bicyclic) bond motifs is 1. The molecule has 3 heterocycles. The van der Waals surface area contributed by atoms with E-state index in [1.54, 1.807) is 4.57 Å². The Hall–Kier alpha value is -1.93. The highest BCUT2D eigenvalue weighted by Gasteiger charge is 2.16. The average Bonchev–Trinajstić information content (AvgIpc) is 2.92. The number of aryl methyl sites for hydroxylation is 1. The Morgan fingerprint density at radius 1 is 1.18 bits per heavy atom. The Morgan fingerprint density at radius 3 is 2.68 bits per heavy atom. The van der Waals surface area contributed by atoms with Crippen LogP contribution in [-0.4, -0.2) is 50.6 Å². The van der Waals surface area contributed by atoms with Crippen LogP contribution in [0.4, 0.5) is 0 Å². The summed E-state index contributed by atoms with van der Waals surface area (Å²) < 4.78 is 1.55. The third-order valence-electron chi connectivity index (χ3n) is 4.00. The van der Waals surface area contributed by atoms with Crippen LogP contribution in [0, 0.1) is 0 Å². The number of aromatic nitrogens is 4. The molecule has 8 nitrogen and oxygen atoms in total. The molecule has 120 valence electrons. The predicted molar refractivity (Wildman–Crippen MR) is 84.0 cm³/mol. The molecule has 0 atom stereocenters. The lowest BCUT2D eigenvalue weighted by molar-refractivity contribution is 0.228. The topological polar surface area (TPSA) is 98.8 Å². The van der Waals surface area contributed by atoms with E-state index in [1.807, 2.05) is 0 Å². The Morgan fingerprint density at radius 2 is 1.95 bits per heavy atom. The van der Waals surface area contributed by atoms with Crippen molar-refractivity contribution in [1.29, 1.82) is 0 Å². The van der Waals surface area contributed by atoms with Crippen molar-refractivity contribution in [2.75, 3.05) is 26.2 Å². The largest absolute Gasteiger partial charge is 0.335 e. The van der Waals surface area contributed by atoms with Gasteiger partial charge in [-0.25, -0.2) is 9.78 Å². The van der Waals surface area contributed by atoms with Gasteiger partial charge in [0.1, 0.15) is 11.3 Å². The van der Waals surface area contributed by atoms with Crippen molar-refractivity contribution in [2.24, 2.45) is 0 Å². The Labute approximate surface area is 127 Å². The second-order valence-electron chi connectivity index (χ2n) is 5.67. The number of imidazole rings is 1. The highest BCUT2D eigenvalue weighted by Crippen LogP contribution is 2.09. The summed E-state index contributed by atoms with van der Waals surface area (Å²) in [5.41, 5.74) is 0.0751. The number of hydrogen-bond acceptors (Lipinski definition) is 5. The minimum Gasteiger partial charge on any atom is -0.335 e. The summed E-state index contributed by atoms with van der Waals surface area (Å²) in [6.45, 7) is 7.13. The molecule has 3 rings (SSSR count). The first-order valence-corrected chi connectivity index (χ1v) is 7.84. The predicted octanol–water partition coefficient (Wildman–Crippen LogP) is -0.382. The number of hydrogen-bond donors (Lipinski definition) is 3. The van der Waals surface area contributed by atoms with Gasteiger partial charge in [-0.3, -0.25) is 19.2 Å². The van der Waals surface area contributed by atoms with E-state index in [4.69, 9.17) is 0 Å². The van der Waals surface area contributed by atoms with Gasteiger partial charge in [-0.2, -0.15) is 0 Å². The molecule has 3 N–H and O–H groups in total. The van der Waals surface area contributed by atoms with Gasteiger partial charge in [-0.1, -0.05) is 13.3 Å². The summed E-state index contributed by atoms with van der Waals surface area (Å²) in [4.78, 5) is 36.2. The summed E-state index contributed by atoms with van der Waals surface area (Å²) in [6.07, 6.45) is 1.85. The summed E-state index contributed by atoms with van der Waals surface area (Å²) in [5.74, 6) is 0.734. The number of rotatable bonds is 5. The van der Waals surface area contributed by atoms with Gasteiger partial charge >= 0.3 is 5.69 Å². The van der Waals surface area contributed by atoms with Gasteiger partial charge in [0.2, 0.25) is 0 Å². The maximum atomic E-state index is 12.0. The van der Waals surface area contributed by atoms with E-state index in [1.165, 1.54) is 0 Å². The van der Waals surface area contributed by atoms with Crippen LogP contribution in [0.3, 0.4) is 0 Å². The van der Waals surface area contributed by atoms with Crippen molar-refractivity contribution in [3.05, 3.63) is 26.7 Å². The number of aromatic amines is 2. The Balaban J connectivity index is 1.95. The van der Waals surface area contributed by atoms with Gasteiger partial charge in [0.15, 0.2) is 5.65 Å². The van der Waals surface area contributed by atoms with E-state index in [-0.39, 0.29) is 5.69 Å². The van der Waals surface area contributed by atoms with Crippen LogP contribution in [0.2, 0.25) is 0 Å². The quantitative estimate of drug-likeness (QED) is 0.699. The molecular formula is C14H22N6O2. The molecule has 1 saturated heterocycles. The number of H-pyrrole nitrogens is 2. The van der Waals surface area contributed by atoms with Gasteiger partial charge in [-0.15, -0.1) is 0 Å². The fourth-order valence-electron chi connectivity index (χ4n) is 2.77. The van der Waals surface area contributed by atoms with Crippen LogP contribution in [0.5, 0.6) is 0 Å². The normalized spacial score (nSPS) is 16.4. The molecule has 2 aromatic rings. The fourth-order valence-corrected chi connectivity index (χ4v) is 2.77. The number of unbranched alkanes of at least 4 members (excludes halogenated alkanes) is 1. The third kappa shape index (κ3) is 2.97. The minimum absolute atomic E-state index is 0.383. The van der Waals surface area contributed by atoms with E-state index >= 15 is 0 Å². The molecule has 0 bridgehead atoms. The lowest BCUT2D eigenvalue weighted by Crippen LogP contribution is -2.43. The van der Waals surface area contributed by atoms with Crippen LogP contribution >= 0.6 is 0 Å². The summed E-state index contributed by atoms with van der Waals surface area (Å²) >= 11 is 0. The van der Waals surface area contributed by atoms with Crippen LogP contribution in [0.1, 0.15) is 25.6 Å². The lowest BCUT2D eigenvalue weighted by atomic mass is 10.3. The van der Waals surface area contributed by atoms with E-state index in [0.29, 0.717) is 24.3 Å². The standard InChI is InChI=1S/C14H22N6O2/c1-2-3-6-20-12-11(13(21)18-14(20)22)16-10(17-12)9-19-7-4-15-5-8-19/h15H,2-9H2,1H3,(H,16,17)(H,18,21,22). The van der Waals surface area contributed by atoms with E-state index in [0.717, 1.165) is 44.8 Å². The lowest BCUT2D eigenvalue weighted by Gasteiger charge is -2.26. The zero-order valence-corrected chi connectivity index (χ0v) is 12.8. The summed E-state index contributed by atoms with van der Waals surface area (Å²) in [7, 11) is 0. The summed E-state index contributed by atoms with van der Waals surface area (Å²) in [5, 5.41) is 3.30. The molecular weight excluding hydrogens is 284 g/mol. The second-order valence-corrected chi connectivity index (χ2v) is 5.67. The Bertz CT molecular complexity index is 753. The maximum Gasteiger partial charge on any atom is 0.330 e. The zero-order valence-electron chi connectivity index (χ0n) is 12.8. The molecule has 0 amide bonds. The molecule has 1 aliphatic heterocycles. The van der Waals surface area contributed by atoms with Gasteiger partial charge in [0.25, 0.3) is 5.56 Å². The molecule has 1 fully saturated rings. The fraction of sp³-hybridized carbons (Fsp3) is 0.643. The van der Waals surface area contributed by atoms with Crippen molar-refractivity contribution >= 4 is 11.2 Å². The van der Waals surface area contributed by atoms with Gasteiger partial charge in [0, 0.05) is 32.7 Å². The Kier molecular flexibility index (Phi) is 4.39. The molecule has 2 aromatic heterocycles. The monoisotopic (exact) mass is 306 g/mol. The van der Waals surface area contributed by atoms with Crippen molar-refractivity contribution < 1.29 is 0 Å².